The predicted octanol–water partition coefficient (Wildman–Crippen LogP) is 4.74. The summed E-state index contributed by atoms with van der Waals surface area (Å²) in [5, 5.41) is 3.91. The van der Waals surface area contributed by atoms with Crippen molar-refractivity contribution in [3.63, 3.8) is 0 Å². The first-order valence-corrected chi connectivity index (χ1v) is 13.0. The highest BCUT2D eigenvalue weighted by atomic mass is 35.5. The maximum atomic E-state index is 13.1. The van der Waals surface area contributed by atoms with E-state index in [4.69, 9.17) is 11.6 Å². The molecule has 1 unspecified atom stereocenters. The third-order valence-corrected chi connectivity index (χ3v) is 8.25. The number of Topliss-reactive ketones (excluding diaryl/α,β-unsaturated/α-hetero) is 1. The molecule has 6 nitrogen and oxygen atoms in total. The first kappa shape index (κ1) is 24.4. The lowest BCUT2D eigenvalue weighted by Gasteiger charge is -2.31. The fourth-order valence-corrected chi connectivity index (χ4v) is 5.80. The molecule has 0 bridgehead atoms. The van der Waals surface area contributed by atoms with E-state index in [9.17, 15) is 13.2 Å². The minimum Gasteiger partial charge on any atom is -0.355 e. The van der Waals surface area contributed by atoms with Crippen LogP contribution in [0, 0.1) is 0 Å². The standard InChI is InChI=1S/C26H28ClN3O3S/c1-19(31)26(24-13-10-21(27)18-25(24)28-22-6-4-3-5-7-22)20-8-11-23(12-9-20)34(32,33)30-16-14-29(2)15-17-30/h3-13,18,26,28H,14-17H2,1-2H3. The molecule has 34 heavy (non-hydrogen) atoms. The normalized spacial score (nSPS) is 16.2. The summed E-state index contributed by atoms with van der Waals surface area (Å²) in [7, 11) is -1.59. The van der Waals surface area contributed by atoms with Crippen LogP contribution in [0.5, 0.6) is 0 Å². The van der Waals surface area contributed by atoms with Crippen molar-refractivity contribution in [3.8, 4) is 0 Å². The predicted molar refractivity (Wildman–Crippen MR) is 136 cm³/mol. The van der Waals surface area contributed by atoms with E-state index in [1.807, 2.05) is 43.4 Å². The van der Waals surface area contributed by atoms with Gasteiger partial charge in [-0.25, -0.2) is 8.42 Å². The maximum absolute atomic E-state index is 13.1. The maximum Gasteiger partial charge on any atom is 0.243 e. The molecule has 1 fully saturated rings. The molecule has 0 spiro atoms. The number of nitrogens with zero attached hydrogens (tertiary/aromatic N) is 2. The Morgan fingerprint density at radius 2 is 1.59 bits per heavy atom. The SMILES string of the molecule is CC(=O)C(c1ccc(S(=O)(=O)N2CCN(C)CC2)cc1)c1ccc(Cl)cc1Nc1ccccc1. The van der Waals surface area contributed by atoms with E-state index < -0.39 is 15.9 Å². The Morgan fingerprint density at radius 3 is 2.21 bits per heavy atom. The van der Waals surface area contributed by atoms with E-state index in [1.54, 1.807) is 43.3 Å². The van der Waals surface area contributed by atoms with Crippen LogP contribution in [0.2, 0.25) is 5.02 Å². The molecule has 8 heteroatoms. The minimum atomic E-state index is -3.58. The molecule has 3 aromatic rings. The van der Waals surface area contributed by atoms with Crippen LogP contribution in [-0.4, -0.2) is 56.6 Å². The van der Waals surface area contributed by atoms with Gasteiger partial charge in [0.05, 0.1) is 10.8 Å². The van der Waals surface area contributed by atoms with Gasteiger partial charge in [-0.2, -0.15) is 4.31 Å². The van der Waals surface area contributed by atoms with E-state index in [0.717, 1.165) is 22.5 Å². The highest BCUT2D eigenvalue weighted by Crippen LogP contribution is 2.35. The summed E-state index contributed by atoms with van der Waals surface area (Å²) in [5.74, 6) is -0.614. The van der Waals surface area contributed by atoms with E-state index in [2.05, 4.69) is 10.2 Å². The molecule has 1 N–H and O–H groups in total. The molecule has 1 aliphatic rings. The Balaban J connectivity index is 1.66. The van der Waals surface area contributed by atoms with Crippen LogP contribution >= 0.6 is 11.6 Å². The van der Waals surface area contributed by atoms with Crippen molar-refractivity contribution in [1.29, 1.82) is 0 Å². The van der Waals surface area contributed by atoms with Gasteiger partial charge in [0.15, 0.2) is 0 Å². The first-order chi connectivity index (χ1) is 16.3. The lowest BCUT2D eigenvalue weighted by atomic mass is 9.87. The Labute approximate surface area is 206 Å². The molecule has 3 aromatic carbocycles. The van der Waals surface area contributed by atoms with Crippen molar-refractivity contribution >= 4 is 38.8 Å². The van der Waals surface area contributed by atoms with Crippen molar-refractivity contribution in [2.75, 3.05) is 38.5 Å². The Morgan fingerprint density at radius 1 is 0.941 bits per heavy atom. The third-order valence-electron chi connectivity index (χ3n) is 6.10. The zero-order valence-corrected chi connectivity index (χ0v) is 20.8. The number of halogens is 1. The number of rotatable bonds is 7. The van der Waals surface area contributed by atoms with Gasteiger partial charge in [-0.3, -0.25) is 4.79 Å². The first-order valence-electron chi connectivity index (χ1n) is 11.2. The van der Waals surface area contributed by atoms with Crippen LogP contribution in [-0.2, 0) is 14.8 Å². The van der Waals surface area contributed by atoms with Crippen molar-refractivity contribution in [2.24, 2.45) is 0 Å². The van der Waals surface area contributed by atoms with Crippen LogP contribution < -0.4 is 5.32 Å². The summed E-state index contributed by atoms with van der Waals surface area (Å²) in [4.78, 5) is 15.2. The minimum absolute atomic E-state index is 0.0480. The molecule has 4 rings (SSSR count). The second-order valence-corrected chi connectivity index (χ2v) is 10.9. The molecule has 1 heterocycles. The van der Waals surface area contributed by atoms with E-state index >= 15 is 0 Å². The monoisotopic (exact) mass is 497 g/mol. The molecular weight excluding hydrogens is 470 g/mol. The van der Waals surface area contributed by atoms with Crippen molar-refractivity contribution in [1.82, 2.24) is 9.21 Å². The average molecular weight is 498 g/mol. The molecule has 0 amide bonds. The highest BCUT2D eigenvalue weighted by molar-refractivity contribution is 7.89. The topological polar surface area (TPSA) is 69.7 Å². The smallest absolute Gasteiger partial charge is 0.243 e. The average Bonchev–Trinajstić information content (AvgIpc) is 2.82. The molecule has 178 valence electrons. The Hall–Kier alpha value is -2.71. The lowest BCUT2D eigenvalue weighted by molar-refractivity contribution is -0.117. The van der Waals surface area contributed by atoms with Crippen molar-refractivity contribution in [3.05, 3.63) is 88.9 Å². The molecule has 0 aromatic heterocycles. The second kappa shape index (κ2) is 10.3. The zero-order chi connectivity index (χ0) is 24.3. The quantitative estimate of drug-likeness (QED) is 0.510. The number of benzene rings is 3. The van der Waals surface area contributed by atoms with Crippen LogP contribution in [0.1, 0.15) is 24.0 Å². The van der Waals surface area contributed by atoms with Gasteiger partial charge in [-0.15, -0.1) is 0 Å². The lowest BCUT2D eigenvalue weighted by Crippen LogP contribution is -2.47. The van der Waals surface area contributed by atoms with Crippen LogP contribution in [0.25, 0.3) is 0 Å². The van der Waals surface area contributed by atoms with E-state index in [0.29, 0.717) is 31.2 Å². The molecule has 0 saturated carbocycles. The molecular formula is C26H28ClN3O3S. The summed E-state index contributed by atoms with van der Waals surface area (Å²) in [5.41, 5.74) is 3.11. The fourth-order valence-electron chi connectivity index (χ4n) is 4.21. The van der Waals surface area contributed by atoms with E-state index in [1.165, 1.54) is 4.31 Å². The van der Waals surface area contributed by atoms with Gasteiger partial charge in [0, 0.05) is 42.6 Å². The van der Waals surface area contributed by atoms with Gasteiger partial charge in [0.1, 0.15) is 5.78 Å². The largest absolute Gasteiger partial charge is 0.355 e. The van der Waals surface area contributed by atoms with E-state index in [-0.39, 0.29) is 10.7 Å². The number of anilines is 2. The molecule has 0 radical (unpaired) electrons. The summed E-state index contributed by atoms with van der Waals surface area (Å²) >= 11 is 6.27. The molecule has 0 aliphatic carbocycles. The number of hydrogen-bond donors (Lipinski definition) is 1. The number of para-hydroxylation sites is 1. The number of nitrogens with one attached hydrogen (secondary N) is 1. The fraction of sp³-hybridized carbons (Fsp3) is 0.269. The number of likely N-dealkylation sites (N-methyl/N-ethyl adjacent to an activating group) is 1. The van der Waals surface area contributed by atoms with Gasteiger partial charge in [0.2, 0.25) is 10.0 Å². The number of piperazine rings is 1. The number of hydrogen-bond acceptors (Lipinski definition) is 5. The molecule has 1 aliphatic heterocycles. The number of carbonyl (C=O) groups excluding carboxylic acids is 1. The van der Waals surface area contributed by atoms with Gasteiger partial charge in [-0.05, 0) is 61.5 Å². The van der Waals surface area contributed by atoms with Crippen LogP contribution in [0.3, 0.4) is 0 Å². The van der Waals surface area contributed by atoms with Gasteiger partial charge in [0.25, 0.3) is 0 Å². The Kier molecular flexibility index (Phi) is 7.38. The second-order valence-electron chi connectivity index (χ2n) is 8.54. The van der Waals surface area contributed by atoms with Gasteiger partial charge in [-0.1, -0.05) is 48.0 Å². The summed E-state index contributed by atoms with van der Waals surface area (Å²) in [6.45, 7) is 3.89. The highest BCUT2D eigenvalue weighted by Gasteiger charge is 2.28. The van der Waals surface area contributed by atoms with Crippen LogP contribution in [0.15, 0.2) is 77.7 Å². The number of ketones is 1. The number of carbonyl (C=O) groups is 1. The summed E-state index contributed by atoms with van der Waals surface area (Å²) in [6, 6.07) is 21.7. The van der Waals surface area contributed by atoms with Crippen molar-refractivity contribution < 1.29 is 13.2 Å². The Bertz CT molecular complexity index is 1260. The van der Waals surface area contributed by atoms with Gasteiger partial charge >= 0.3 is 0 Å². The zero-order valence-electron chi connectivity index (χ0n) is 19.2. The summed E-state index contributed by atoms with van der Waals surface area (Å²) < 4.78 is 27.7. The third kappa shape index (κ3) is 5.33. The van der Waals surface area contributed by atoms with Crippen LogP contribution in [0.4, 0.5) is 11.4 Å². The summed E-state index contributed by atoms with van der Waals surface area (Å²) in [6.07, 6.45) is 0. The van der Waals surface area contributed by atoms with Gasteiger partial charge < -0.3 is 10.2 Å². The molecule has 1 atom stereocenters. The molecule has 1 saturated heterocycles. The van der Waals surface area contributed by atoms with Crippen molar-refractivity contribution in [2.45, 2.75) is 17.7 Å². The number of sulfonamides is 1.